The average Bonchev–Trinajstić information content (AvgIpc) is 2.35. The van der Waals surface area contributed by atoms with Crippen LogP contribution in [0, 0.1) is 5.92 Å². The van der Waals surface area contributed by atoms with Crippen LogP contribution in [0.3, 0.4) is 0 Å². The fourth-order valence-electron chi connectivity index (χ4n) is 3.08. The third kappa shape index (κ3) is 2.87. The molecule has 0 bridgehead atoms. The number of hydrogen-bond donors (Lipinski definition) is 2. The van der Waals surface area contributed by atoms with E-state index in [1.54, 1.807) is 0 Å². The molecule has 0 aromatic carbocycles. The first-order valence-corrected chi connectivity index (χ1v) is 8.39. The SMILES string of the molecule is CCCNS(=O)(=O)N1CCC2(O)CCCCC2C1. The molecule has 0 aromatic rings. The molecule has 0 aromatic heterocycles. The molecule has 2 atom stereocenters. The van der Waals surface area contributed by atoms with Gasteiger partial charge in [0, 0.05) is 25.6 Å². The highest BCUT2D eigenvalue weighted by Gasteiger charge is 2.45. The highest BCUT2D eigenvalue weighted by Crippen LogP contribution is 2.40. The highest BCUT2D eigenvalue weighted by molar-refractivity contribution is 7.87. The topological polar surface area (TPSA) is 69.6 Å². The number of hydrogen-bond acceptors (Lipinski definition) is 3. The van der Waals surface area contributed by atoms with Crippen molar-refractivity contribution in [3.05, 3.63) is 0 Å². The monoisotopic (exact) mass is 276 g/mol. The molecule has 5 nitrogen and oxygen atoms in total. The van der Waals surface area contributed by atoms with Gasteiger partial charge >= 0.3 is 0 Å². The Morgan fingerprint density at radius 1 is 1.39 bits per heavy atom. The summed E-state index contributed by atoms with van der Waals surface area (Å²) >= 11 is 0. The fraction of sp³-hybridized carbons (Fsp3) is 1.00. The zero-order valence-electron chi connectivity index (χ0n) is 11.1. The van der Waals surface area contributed by atoms with Gasteiger partial charge in [0.05, 0.1) is 5.60 Å². The summed E-state index contributed by atoms with van der Waals surface area (Å²) < 4.78 is 28.2. The molecule has 2 fully saturated rings. The van der Waals surface area contributed by atoms with Crippen LogP contribution in [0.25, 0.3) is 0 Å². The van der Waals surface area contributed by atoms with Crippen molar-refractivity contribution in [1.29, 1.82) is 0 Å². The van der Waals surface area contributed by atoms with E-state index in [2.05, 4.69) is 4.72 Å². The molecule has 0 amide bonds. The van der Waals surface area contributed by atoms with E-state index in [4.69, 9.17) is 0 Å². The summed E-state index contributed by atoms with van der Waals surface area (Å²) in [4.78, 5) is 0. The van der Waals surface area contributed by atoms with Crippen LogP contribution in [-0.4, -0.2) is 43.1 Å². The highest BCUT2D eigenvalue weighted by atomic mass is 32.2. The molecule has 0 radical (unpaired) electrons. The number of piperidine rings is 1. The molecule has 2 aliphatic rings. The minimum absolute atomic E-state index is 0.109. The van der Waals surface area contributed by atoms with Gasteiger partial charge in [0.1, 0.15) is 0 Å². The van der Waals surface area contributed by atoms with Crippen LogP contribution in [-0.2, 0) is 10.2 Å². The standard InChI is InChI=1S/C12H24N2O3S/c1-2-8-13-18(16,17)14-9-7-12(15)6-4-3-5-11(12)10-14/h11,13,15H,2-10H2,1H3. The van der Waals surface area contributed by atoms with Gasteiger partial charge in [-0.05, 0) is 25.7 Å². The minimum Gasteiger partial charge on any atom is -0.390 e. The molecule has 6 heteroatoms. The molecule has 2 unspecified atom stereocenters. The Kier molecular flexibility index (Phi) is 4.31. The lowest BCUT2D eigenvalue weighted by molar-refractivity contribution is -0.0818. The van der Waals surface area contributed by atoms with E-state index in [0.717, 1.165) is 32.1 Å². The maximum Gasteiger partial charge on any atom is 0.279 e. The van der Waals surface area contributed by atoms with Crippen molar-refractivity contribution in [2.24, 2.45) is 5.92 Å². The normalized spacial score (nSPS) is 34.2. The lowest BCUT2D eigenvalue weighted by atomic mass is 9.72. The first-order chi connectivity index (χ1) is 8.48. The van der Waals surface area contributed by atoms with Gasteiger partial charge in [0.2, 0.25) is 0 Å². The van der Waals surface area contributed by atoms with Crippen molar-refractivity contribution in [3.63, 3.8) is 0 Å². The maximum absolute atomic E-state index is 12.1. The third-order valence-electron chi connectivity index (χ3n) is 4.26. The van der Waals surface area contributed by atoms with Crippen molar-refractivity contribution in [3.8, 4) is 0 Å². The molecular formula is C12H24N2O3S. The second-order valence-electron chi connectivity index (χ2n) is 5.55. The average molecular weight is 276 g/mol. The molecule has 106 valence electrons. The first kappa shape index (κ1) is 14.2. The molecule has 2 N–H and O–H groups in total. The van der Waals surface area contributed by atoms with Crippen molar-refractivity contribution in [2.45, 2.75) is 51.0 Å². The number of aliphatic hydroxyl groups is 1. The molecule has 1 saturated heterocycles. The van der Waals surface area contributed by atoms with Crippen LogP contribution in [0.15, 0.2) is 0 Å². The first-order valence-electron chi connectivity index (χ1n) is 6.95. The van der Waals surface area contributed by atoms with Crippen LogP contribution in [0.2, 0.25) is 0 Å². The van der Waals surface area contributed by atoms with E-state index in [-0.39, 0.29) is 5.92 Å². The molecule has 1 aliphatic heterocycles. The van der Waals surface area contributed by atoms with Crippen molar-refractivity contribution in [1.82, 2.24) is 9.03 Å². The van der Waals surface area contributed by atoms with Gasteiger partial charge < -0.3 is 5.11 Å². The van der Waals surface area contributed by atoms with Crippen molar-refractivity contribution in [2.75, 3.05) is 19.6 Å². The van der Waals surface area contributed by atoms with Gasteiger partial charge in [-0.2, -0.15) is 12.7 Å². The van der Waals surface area contributed by atoms with Crippen LogP contribution < -0.4 is 4.72 Å². The van der Waals surface area contributed by atoms with Gasteiger partial charge in [0.25, 0.3) is 10.2 Å². The number of rotatable bonds is 4. The molecule has 2 rings (SSSR count). The van der Waals surface area contributed by atoms with Gasteiger partial charge in [-0.1, -0.05) is 19.8 Å². The Morgan fingerprint density at radius 3 is 2.89 bits per heavy atom. The van der Waals surface area contributed by atoms with Crippen LogP contribution in [0.1, 0.15) is 45.4 Å². The fourth-order valence-corrected chi connectivity index (χ4v) is 4.43. The quantitative estimate of drug-likeness (QED) is 0.800. The van der Waals surface area contributed by atoms with Crippen molar-refractivity contribution < 1.29 is 13.5 Å². The van der Waals surface area contributed by atoms with Crippen LogP contribution in [0.4, 0.5) is 0 Å². The smallest absolute Gasteiger partial charge is 0.279 e. The van der Waals surface area contributed by atoms with E-state index >= 15 is 0 Å². The molecule has 0 spiro atoms. The summed E-state index contributed by atoms with van der Waals surface area (Å²) in [6.07, 6.45) is 5.30. The largest absolute Gasteiger partial charge is 0.390 e. The van der Waals surface area contributed by atoms with E-state index in [9.17, 15) is 13.5 Å². The minimum atomic E-state index is -3.35. The Balaban J connectivity index is 2.02. The summed E-state index contributed by atoms with van der Waals surface area (Å²) in [5.74, 6) is 0.109. The number of fused-ring (bicyclic) bond motifs is 1. The Bertz CT molecular complexity index is 385. The summed E-state index contributed by atoms with van der Waals surface area (Å²) in [6, 6.07) is 0. The lowest BCUT2D eigenvalue weighted by Crippen LogP contribution is -2.56. The predicted molar refractivity (Wildman–Crippen MR) is 70.3 cm³/mol. The number of nitrogens with zero attached hydrogens (tertiary/aromatic N) is 1. The summed E-state index contributed by atoms with van der Waals surface area (Å²) in [7, 11) is -3.35. The van der Waals surface area contributed by atoms with Gasteiger partial charge in [-0.15, -0.1) is 0 Å². The molecule has 1 aliphatic carbocycles. The maximum atomic E-state index is 12.1. The Morgan fingerprint density at radius 2 is 2.17 bits per heavy atom. The predicted octanol–water partition coefficient (Wildman–Crippen LogP) is 0.858. The molecular weight excluding hydrogens is 252 g/mol. The molecule has 18 heavy (non-hydrogen) atoms. The van der Waals surface area contributed by atoms with E-state index < -0.39 is 15.8 Å². The lowest BCUT2D eigenvalue weighted by Gasteiger charge is -2.46. The molecule has 1 heterocycles. The van der Waals surface area contributed by atoms with Gasteiger partial charge in [0.15, 0.2) is 0 Å². The van der Waals surface area contributed by atoms with Gasteiger partial charge in [-0.3, -0.25) is 0 Å². The third-order valence-corrected chi connectivity index (χ3v) is 5.85. The zero-order chi connectivity index (χ0) is 13.2. The van der Waals surface area contributed by atoms with Crippen molar-refractivity contribution >= 4 is 10.2 Å². The Labute approximate surface area is 110 Å². The van der Waals surface area contributed by atoms with Crippen LogP contribution in [0.5, 0.6) is 0 Å². The number of nitrogens with one attached hydrogen (secondary N) is 1. The van der Waals surface area contributed by atoms with E-state index in [1.807, 2.05) is 6.92 Å². The zero-order valence-corrected chi connectivity index (χ0v) is 11.9. The summed E-state index contributed by atoms with van der Waals surface area (Å²) in [5.41, 5.74) is -0.616. The van der Waals surface area contributed by atoms with E-state index in [0.29, 0.717) is 26.1 Å². The van der Waals surface area contributed by atoms with Crippen LogP contribution >= 0.6 is 0 Å². The van der Waals surface area contributed by atoms with E-state index in [1.165, 1.54) is 4.31 Å². The van der Waals surface area contributed by atoms with Gasteiger partial charge in [-0.25, -0.2) is 4.72 Å². The summed E-state index contributed by atoms with van der Waals surface area (Å²) in [6.45, 7) is 3.33. The summed E-state index contributed by atoms with van der Waals surface area (Å²) in [5, 5.41) is 10.5. The molecule has 1 saturated carbocycles. The Hall–Kier alpha value is -0.170. The second kappa shape index (κ2) is 5.45. The second-order valence-corrected chi connectivity index (χ2v) is 7.31.